The molecule has 132 valence electrons. The first-order valence-electron chi connectivity index (χ1n) is 7.95. The van der Waals surface area contributed by atoms with Crippen LogP contribution >= 0.6 is 0 Å². The maximum absolute atomic E-state index is 13.6. The van der Waals surface area contributed by atoms with Gasteiger partial charge in [-0.25, -0.2) is 14.2 Å². The molecular formula is C20H18FN3O2. The summed E-state index contributed by atoms with van der Waals surface area (Å²) >= 11 is 0. The number of hydrogen-bond donors (Lipinski definition) is 2. The van der Waals surface area contributed by atoms with E-state index in [2.05, 4.69) is 15.0 Å². The van der Waals surface area contributed by atoms with Crippen molar-refractivity contribution in [1.82, 2.24) is 4.98 Å². The fourth-order valence-corrected chi connectivity index (χ4v) is 2.70. The number of nitrogens with one attached hydrogen (secondary N) is 1. The highest BCUT2D eigenvalue weighted by molar-refractivity contribution is 5.84. The molecule has 5 nitrogen and oxygen atoms in total. The summed E-state index contributed by atoms with van der Waals surface area (Å²) in [6.07, 6.45) is 1.02. The Hall–Kier alpha value is -3.41. The fraction of sp³-hybridized carbons (Fsp3) is 0.100. The van der Waals surface area contributed by atoms with Crippen LogP contribution in [0, 0.1) is 12.7 Å². The summed E-state index contributed by atoms with van der Waals surface area (Å²) in [5, 5.41) is 2.54. The van der Waals surface area contributed by atoms with Crippen molar-refractivity contribution in [2.45, 2.75) is 6.92 Å². The zero-order valence-electron chi connectivity index (χ0n) is 14.4. The Morgan fingerprint density at radius 1 is 1.12 bits per heavy atom. The lowest BCUT2D eigenvalue weighted by molar-refractivity contribution is 0.187. The Morgan fingerprint density at radius 2 is 1.85 bits per heavy atom. The van der Waals surface area contributed by atoms with Gasteiger partial charge >= 0.3 is 6.09 Å². The Balaban J connectivity index is 1.99. The van der Waals surface area contributed by atoms with Crippen LogP contribution in [-0.4, -0.2) is 18.2 Å². The average molecular weight is 351 g/mol. The van der Waals surface area contributed by atoms with Crippen LogP contribution in [0.2, 0.25) is 0 Å². The van der Waals surface area contributed by atoms with E-state index in [0.29, 0.717) is 5.82 Å². The minimum absolute atomic E-state index is 0.115. The van der Waals surface area contributed by atoms with E-state index in [9.17, 15) is 9.18 Å². The third-order valence-corrected chi connectivity index (χ3v) is 4.03. The number of aromatic nitrogens is 1. The summed E-state index contributed by atoms with van der Waals surface area (Å²) in [4.78, 5) is 15.4. The average Bonchev–Trinajstić information content (AvgIpc) is 2.65. The predicted octanol–water partition coefficient (Wildman–Crippen LogP) is 4.62. The first kappa shape index (κ1) is 17.4. The highest BCUT2D eigenvalue weighted by Gasteiger charge is 2.09. The number of benzene rings is 2. The number of aryl methyl sites for hydroxylation is 1. The molecule has 0 aliphatic rings. The summed E-state index contributed by atoms with van der Waals surface area (Å²) in [7, 11) is 1.29. The topological polar surface area (TPSA) is 77.2 Å². The van der Waals surface area contributed by atoms with E-state index in [4.69, 9.17) is 5.73 Å². The lowest BCUT2D eigenvalue weighted by Crippen LogP contribution is -2.11. The van der Waals surface area contributed by atoms with Gasteiger partial charge in [0, 0.05) is 6.20 Å². The first-order chi connectivity index (χ1) is 12.5. The number of carbonyl (C=O) groups is 1. The van der Waals surface area contributed by atoms with Gasteiger partial charge in [0.05, 0.1) is 12.8 Å². The summed E-state index contributed by atoms with van der Waals surface area (Å²) in [5.74, 6) is -0.0305. The monoisotopic (exact) mass is 351 g/mol. The van der Waals surface area contributed by atoms with Crippen LogP contribution in [0.15, 0.2) is 54.7 Å². The molecule has 0 fully saturated rings. The number of amides is 1. The second-order valence-corrected chi connectivity index (χ2v) is 5.82. The number of nitrogens with two attached hydrogens (primary N) is 1. The van der Waals surface area contributed by atoms with Crippen LogP contribution in [0.4, 0.5) is 20.7 Å². The molecular weight excluding hydrogens is 333 g/mol. The fourth-order valence-electron chi connectivity index (χ4n) is 2.70. The highest BCUT2D eigenvalue weighted by Crippen LogP contribution is 2.31. The summed E-state index contributed by atoms with van der Waals surface area (Å²) < 4.78 is 18.2. The van der Waals surface area contributed by atoms with Gasteiger partial charge in [-0.05, 0) is 65.1 Å². The van der Waals surface area contributed by atoms with Gasteiger partial charge in [-0.3, -0.25) is 5.32 Å². The van der Waals surface area contributed by atoms with Crippen molar-refractivity contribution in [2.24, 2.45) is 0 Å². The molecule has 26 heavy (non-hydrogen) atoms. The van der Waals surface area contributed by atoms with Crippen molar-refractivity contribution in [2.75, 3.05) is 18.2 Å². The van der Waals surface area contributed by atoms with Gasteiger partial charge in [-0.2, -0.15) is 0 Å². The van der Waals surface area contributed by atoms with E-state index in [-0.39, 0.29) is 5.69 Å². The van der Waals surface area contributed by atoms with E-state index < -0.39 is 11.9 Å². The molecule has 6 heteroatoms. The van der Waals surface area contributed by atoms with Crippen molar-refractivity contribution in [3.05, 3.63) is 66.1 Å². The van der Waals surface area contributed by atoms with Gasteiger partial charge < -0.3 is 10.5 Å². The highest BCUT2D eigenvalue weighted by atomic mass is 19.1. The van der Waals surface area contributed by atoms with E-state index >= 15 is 0 Å². The largest absolute Gasteiger partial charge is 0.453 e. The number of pyridine rings is 1. The normalized spacial score (nSPS) is 10.4. The van der Waals surface area contributed by atoms with Gasteiger partial charge in [0.15, 0.2) is 0 Å². The minimum atomic E-state index is -0.583. The number of ether oxygens (including phenoxy) is 1. The van der Waals surface area contributed by atoms with Gasteiger partial charge in [0.1, 0.15) is 11.6 Å². The van der Waals surface area contributed by atoms with Gasteiger partial charge in [0.25, 0.3) is 0 Å². The molecule has 0 saturated heterocycles. The molecule has 0 spiro atoms. The lowest BCUT2D eigenvalue weighted by Gasteiger charge is -2.11. The van der Waals surface area contributed by atoms with Gasteiger partial charge in [0.2, 0.25) is 0 Å². The summed E-state index contributed by atoms with van der Waals surface area (Å²) in [5.41, 5.74) is 10.2. The smallest absolute Gasteiger partial charge is 0.412 e. The predicted molar refractivity (Wildman–Crippen MR) is 100 cm³/mol. The molecule has 0 aliphatic carbocycles. The number of methoxy groups -OCH3 is 1. The number of carbonyl (C=O) groups excluding carboxylic acids is 1. The second-order valence-electron chi connectivity index (χ2n) is 5.82. The summed E-state index contributed by atoms with van der Waals surface area (Å²) in [6, 6.07) is 14.5. The Labute approximate surface area is 150 Å². The molecule has 2 aromatic carbocycles. The van der Waals surface area contributed by atoms with E-state index in [0.717, 1.165) is 27.8 Å². The van der Waals surface area contributed by atoms with Crippen LogP contribution in [0.1, 0.15) is 5.56 Å². The van der Waals surface area contributed by atoms with E-state index in [1.54, 1.807) is 18.3 Å². The maximum atomic E-state index is 13.6. The molecule has 3 N–H and O–H groups in total. The molecule has 0 aliphatic heterocycles. The van der Waals surface area contributed by atoms with Crippen LogP contribution < -0.4 is 11.1 Å². The maximum Gasteiger partial charge on any atom is 0.412 e. The Bertz CT molecular complexity index is 973. The van der Waals surface area contributed by atoms with Crippen molar-refractivity contribution >= 4 is 17.6 Å². The molecule has 0 bridgehead atoms. The van der Waals surface area contributed by atoms with E-state index in [1.165, 1.54) is 13.2 Å². The zero-order valence-corrected chi connectivity index (χ0v) is 14.4. The van der Waals surface area contributed by atoms with Crippen LogP contribution in [0.25, 0.3) is 22.3 Å². The van der Waals surface area contributed by atoms with Crippen molar-refractivity contribution in [1.29, 1.82) is 0 Å². The zero-order chi connectivity index (χ0) is 18.7. The molecule has 0 radical (unpaired) electrons. The second kappa shape index (κ2) is 7.23. The van der Waals surface area contributed by atoms with Crippen LogP contribution in [0.3, 0.4) is 0 Å². The molecule has 1 amide bonds. The van der Waals surface area contributed by atoms with Crippen molar-refractivity contribution in [3.8, 4) is 22.3 Å². The van der Waals surface area contributed by atoms with Crippen molar-refractivity contribution < 1.29 is 13.9 Å². The number of nitrogens with zero attached hydrogens (tertiary/aromatic N) is 1. The van der Waals surface area contributed by atoms with Gasteiger partial charge in [-0.1, -0.05) is 18.2 Å². The SMILES string of the molecule is COC(=O)Nc1cc(-c2cccc(-c3cc(N)c(F)cc3C)c2)ccn1. The molecule has 1 heterocycles. The quantitative estimate of drug-likeness (QED) is 0.675. The molecule has 0 unspecified atom stereocenters. The van der Waals surface area contributed by atoms with Crippen LogP contribution in [-0.2, 0) is 4.74 Å². The number of anilines is 2. The third kappa shape index (κ3) is 3.64. The Morgan fingerprint density at radius 3 is 2.62 bits per heavy atom. The number of nitrogen functional groups attached to an aromatic ring is 1. The molecule has 1 aromatic heterocycles. The molecule has 0 saturated carbocycles. The summed E-state index contributed by atoms with van der Waals surface area (Å²) in [6.45, 7) is 1.84. The first-order valence-corrected chi connectivity index (χ1v) is 7.95. The molecule has 3 rings (SSSR count). The third-order valence-electron chi connectivity index (χ3n) is 4.03. The minimum Gasteiger partial charge on any atom is -0.453 e. The van der Waals surface area contributed by atoms with Gasteiger partial charge in [-0.15, -0.1) is 0 Å². The standard InChI is InChI=1S/C20H18FN3O2/c1-12-8-17(21)18(22)11-16(12)15-5-3-4-13(9-15)14-6-7-23-19(10-14)24-20(25)26-2/h3-11H,22H2,1-2H3,(H,23,24,25). The van der Waals surface area contributed by atoms with E-state index in [1.807, 2.05) is 37.3 Å². The lowest BCUT2D eigenvalue weighted by atomic mass is 9.96. The number of halogens is 1. The Kier molecular flexibility index (Phi) is 4.84. The van der Waals surface area contributed by atoms with Crippen LogP contribution in [0.5, 0.6) is 0 Å². The molecule has 3 aromatic rings. The molecule has 0 atom stereocenters. The number of hydrogen-bond acceptors (Lipinski definition) is 4. The number of rotatable bonds is 3. The van der Waals surface area contributed by atoms with Crippen molar-refractivity contribution in [3.63, 3.8) is 0 Å².